The number of carbonyl (C=O) groups is 2. The van der Waals surface area contributed by atoms with E-state index in [0.29, 0.717) is 24.7 Å². The highest BCUT2D eigenvalue weighted by molar-refractivity contribution is 8.00. The Balaban J connectivity index is 1.36. The van der Waals surface area contributed by atoms with Gasteiger partial charge in [-0.15, -0.1) is 11.8 Å². The lowest BCUT2D eigenvalue weighted by atomic mass is 10.1. The number of halogens is 3. The number of hydrogen-bond donors (Lipinski definition) is 2. The molecule has 2 aromatic carbocycles. The molecule has 160 valence electrons. The second-order valence-corrected chi connectivity index (χ2v) is 7.32. The molecule has 0 aromatic heterocycles. The number of benzene rings is 2. The summed E-state index contributed by atoms with van der Waals surface area (Å²) in [6, 6.07) is 9.39. The second kappa shape index (κ2) is 9.75. The van der Waals surface area contributed by atoms with Gasteiger partial charge in [0.15, 0.2) is 11.5 Å². The van der Waals surface area contributed by atoms with E-state index in [-0.39, 0.29) is 30.3 Å². The molecule has 10 heteroatoms. The zero-order valence-electron chi connectivity index (χ0n) is 15.8. The number of amides is 2. The number of thioether (sulfide) groups is 1. The maximum absolute atomic E-state index is 12.5. The largest absolute Gasteiger partial charge is 0.486 e. The van der Waals surface area contributed by atoms with Gasteiger partial charge in [0.1, 0.15) is 13.2 Å². The fourth-order valence-electron chi connectivity index (χ4n) is 2.60. The Labute approximate surface area is 175 Å². The minimum Gasteiger partial charge on any atom is -0.486 e. The third-order valence-corrected chi connectivity index (χ3v) is 5.08. The summed E-state index contributed by atoms with van der Waals surface area (Å²) >= 11 is 1.34. The van der Waals surface area contributed by atoms with Crippen molar-refractivity contribution in [3.63, 3.8) is 0 Å². The first-order valence-corrected chi connectivity index (χ1v) is 10.1. The summed E-state index contributed by atoms with van der Waals surface area (Å²) in [5.41, 5.74) is -0.703. The predicted molar refractivity (Wildman–Crippen MR) is 105 cm³/mol. The van der Waals surface area contributed by atoms with Gasteiger partial charge in [-0.05, 0) is 42.5 Å². The Morgan fingerprint density at radius 2 is 1.60 bits per heavy atom. The molecule has 1 aliphatic rings. The van der Waals surface area contributed by atoms with Gasteiger partial charge >= 0.3 is 6.18 Å². The third kappa shape index (κ3) is 6.06. The molecular weight excluding hydrogens is 421 g/mol. The fraction of sp³-hybridized carbons (Fsp3) is 0.300. The minimum atomic E-state index is -4.45. The lowest BCUT2D eigenvalue weighted by Crippen LogP contribution is -2.35. The van der Waals surface area contributed by atoms with E-state index in [4.69, 9.17) is 9.47 Å². The summed E-state index contributed by atoms with van der Waals surface area (Å²) in [6.45, 7) is 1.35. The Kier molecular flexibility index (Phi) is 7.09. The fourth-order valence-corrected chi connectivity index (χ4v) is 3.36. The van der Waals surface area contributed by atoms with E-state index in [0.717, 1.165) is 29.2 Å². The molecule has 0 bridgehead atoms. The van der Waals surface area contributed by atoms with Crippen LogP contribution in [0.4, 0.5) is 13.2 Å². The van der Waals surface area contributed by atoms with E-state index >= 15 is 0 Å². The molecule has 30 heavy (non-hydrogen) atoms. The molecule has 3 rings (SSSR count). The quantitative estimate of drug-likeness (QED) is 0.511. The number of fused-ring (bicyclic) bond motifs is 1. The van der Waals surface area contributed by atoms with Crippen LogP contribution in [0.5, 0.6) is 11.5 Å². The number of ether oxygens (including phenoxy) is 2. The van der Waals surface area contributed by atoms with Crippen molar-refractivity contribution in [3.8, 4) is 11.5 Å². The molecule has 0 atom stereocenters. The topological polar surface area (TPSA) is 76.7 Å². The van der Waals surface area contributed by atoms with Gasteiger partial charge in [0, 0.05) is 23.5 Å². The first-order chi connectivity index (χ1) is 14.3. The summed E-state index contributed by atoms with van der Waals surface area (Å²) in [4.78, 5) is 24.8. The Morgan fingerprint density at radius 3 is 2.30 bits per heavy atom. The molecule has 0 fully saturated rings. The van der Waals surface area contributed by atoms with Gasteiger partial charge in [-0.25, -0.2) is 0 Å². The molecule has 2 amide bonds. The molecule has 2 N–H and O–H groups in total. The molecular formula is C20H19F3N2O4S. The van der Waals surface area contributed by atoms with Crippen molar-refractivity contribution >= 4 is 23.6 Å². The number of hydrogen-bond acceptors (Lipinski definition) is 5. The van der Waals surface area contributed by atoms with Crippen molar-refractivity contribution in [2.75, 3.05) is 32.1 Å². The molecule has 6 nitrogen and oxygen atoms in total. The van der Waals surface area contributed by atoms with Crippen molar-refractivity contribution < 1.29 is 32.2 Å². The SMILES string of the molecule is O=C(CSc1ccc2c(c1)OCCO2)NCCNC(=O)c1ccc(C(F)(F)F)cc1. The highest BCUT2D eigenvalue weighted by atomic mass is 32.2. The van der Waals surface area contributed by atoms with Crippen molar-refractivity contribution in [2.45, 2.75) is 11.1 Å². The first-order valence-electron chi connectivity index (χ1n) is 9.07. The normalized spacial score (nSPS) is 12.9. The van der Waals surface area contributed by atoms with Crippen molar-refractivity contribution in [1.29, 1.82) is 0 Å². The van der Waals surface area contributed by atoms with E-state index in [1.54, 1.807) is 6.07 Å². The third-order valence-electron chi connectivity index (χ3n) is 4.09. The lowest BCUT2D eigenvalue weighted by Gasteiger charge is -2.18. The molecule has 1 aliphatic heterocycles. The van der Waals surface area contributed by atoms with Crippen LogP contribution in [0.3, 0.4) is 0 Å². The zero-order chi connectivity index (χ0) is 21.6. The number of alkyl halides is 3. The molecule has 1 heterocycles. The highest BCUT2D eigenvalue weighted by Crippen LogP contribution is 2.34. The van der Waals surface area contributed by atoms with Crippen LogP contribution < -0.4 is 20.1 Å². The van der Waals surface area contributed by atoms with E-state index in [1.807, 2.05) is 12.1 Å². The monoisotopic (exact) mass is 440 g/mol. The molecule has 0 unspecified atom stereocenters. The molecule has 0 saturated heterocycles. The Morgan fingerprint density at radius 1 is 0.933 bits per heavy atom. The van der Waals surface area contributed by atoms with Gasteiger partial charge in [-0.3, -0.25) is 9.59 Å². The summed E-state index contributed by atoms with van der Waals surface area (Å²) < 4.78 is 48.5. The number of rotatable bonds is 7. The van der Waals surface area contributed by atoms with Crippen LogP contribution in [0.25, 0.3) is 0 Å². The van der Waals surface area contributed by atoms with Gasteiger partial charge in [-0.2, -0.15) is 13.2 Å². The maximum Gasteiger partial charge on any atom is 0.416 e. The average Bonchev–Trinajstić information content (AvgIpc) is 2.74. The highest BCUT2D eigenvalue weighted by Gasteiger charge is 2.30. The average molecular weight is 440 g/mol. The maximum atomic E-state index is 12.5. The number of nitrogens with one attached hydrogen (secondary N) is 2. The van der Waals surface area contributed by atoms with Gasteiger partial charge in [-0.1, -0.05) is 0 Å². The van der Waals surface area contributed by atoms with Crippen molar-refractivity contribution in [2.24, 2.45) is 0 Å². The van der Waals surface area contributed by atoms with Crippen LogP contribution in [-0.4, -0.2) is 43.9 Å². The first kappa shape index (κ1) is 21.8. The van der Waals surface area contributed by atoms with E-state index in [9.17, 15) is 22.8 Å². The van der Waals surface area contributed by atoms with Crippen LogP contribution in [0, 0.1) is 0 Å². The predicted octanol–water partition coefficient (Wildman–Crippen LogP) is 3.11. The Hall–Kier alpha value is -2.88. The van der Waals surface area contributed by atoms with Gasteiger partial charge in [0.05, 0.1) is 11.3 Å². The summed E-state index contributed by atoms with van der Waals surface area (Å²) in [5.74, 6) is 0.797. The summed E-state index contributed by atoms with van der Waals surface area (Å²) in [6.07, 6.45) is -4.45. The zero-order valence-corrected chi connectivity index (χ0v) is 16.6. The van der Waals surface area contributed by atoms with Gasteiger partial charge < -0.3 is 20.1 Å². The summed E-state index contributed by atoms with van der Waals surface area (Å²) in [5, 5.41) is 5.22. The van der Waals surface area contributed by atoms with Crippen LogP contribution in [0.2, 0.25) is 0 Å². The second-order valence-electron chi connectivity index (χ2n) is 6.28. The Bertz CT molecular complexity index is 904. The molecule has 0 aliphatic carbocycles. The van der Waals surface area contributed by atoms with Gasteiger partial charge in [0.2, 0.25) is 5.91 Å². The lowest BCUT2D eigenvalue weighted by molar-refractivity contribution is -0.137. The van der Waals surface area contributed by atoms with E-state index < -0.39 is 17.6 Å². The van der Waals surface area contributed by atoms with Crippen molar-refractivity contribution in [1.82, 2.24) is 10.6 Å². The van der Waals surface area contributed by atoms with Gasteiger partial charge in [0.25, 0.3) is 5.91 Å². The van der Waals surface area contributed by atoms with E-state index in [2.05, 4.69) is 10.6 Å². The van der Waals surface area contributed by atoms with E-state index in [1.165, 1.54) is 11.8 Å². The molecule has 0 radical (unpaired) electrons. The van der Waals surface area contributed by atoms with Crippen LogP contribution in [-0.2, 0) is 11.0 Å². The standard InChI is InChI=1S/C20H19F3N2O4S/c21-20(22,23)14-3-1-13(2-4-14)19(27)25-8-7-24-18(26)12-30-15-5-6-16-17(11-15)29-10-9-28-16/h1-6,11H,7-10,12H2,(H,24,26)(H,25,27). The smallest absolute Gasteiger partial charge is 0.416 e. The molecule has 0 saturated carbocycles. The van der Waals surface area contributed by atoms with Crippen LogP contribution in [0.1, 0.15) is 15.9 Å². The molecule has 0 spiro atoms. The minimum absolute atomic E-state index is 0.114. The van der Waals surface area contributed by atoms with Crippen LogP contribution in [0.15, 0.2) is 47.4 Å². The molecule has 2 aromatic rings. The summed E-state index contributed by atoms with van der Waals surface area (Å²) in [7, 11) is 0. The van der Waals surface area contributed by atoms with Crippen molar-refractivity contribution in [3.05, 3.63) is 53.6 Å². The van der Waals surface area contributed by atoms with Crippen LogP contribution >= 0.6 is 11.8 Å². The number of carbonyl (C=O) groups excluding carboxylic acids is 2.